The van der Waals surface area contributed by atoms with Crippen molar-refractivity contribution in [3.8, 4) is 0 Å². The Hall–Kier alpha value is -0.120. The summed E-state index contributed by atoms with van der Waals surface area (Å²) in [7, 11) is 2.36. The number of rotatable bonds is 7. The highest BCUT2D eigenvalue weighted by molar-refractivity contribution is 4.49. The third kappa shape index (κ3) is 5.50. The minimum Gasteiger partial charge on any atom is -0.370 e. The molecule has 3 heteroatoms. The molecule has 15 heavy (non-hydrogen) atoms. The maximum Gasteiger partial charge on any atom is 0.102 e. The monoisotopic (exact) mass is 215 g/mol. The second-order valence-electron chi connectivity index (χ2n) is 4.96. The van der Waals surface area contributed by atoms with Crippen molar-refractivity contribution in [2.24, 2.45) is 5.73 Å². The summed E-state index contributed by atoms with van der Waals surface area (Å²) in [5, 5.41) is 0. The second kappa shape index (κ2) is 7.20. The van der Waals surface area contributed by atoms with E-state index >= 15 is 0 Å². The van der Waals surface area contributed by atoms with E-state index < -0.39 is 0 Å². The summed E-state index contributed by atoms with van der Waals surface area (Å²) in [6, 6.07) is 0. The Morgan fingerprint density at radius 2 is 1.60 bits per heavy atom. The zero-order valence-corrected chi connectivity index (χ0v) is 10.2. The van der Waals surface area contributed by atoms with Crippen molar-refractivity contribution in [3.63, 3.8) is 0 Å². The predicted molar refractivity (Wildman–Crippen MR) is 63.7 cm³/mol. The highest BCUT2D eigenvalue weighted by Crippen LogP contribution is 2.11. The first-order valence-electron chi connectivity index (χ1n) is 6.38. The van der Waals surface area contributed by atoms with Crippen LogP contribution in [-0.4, -0.2) is 50.9 Å². The number of nitrogens with zero attached hydrogens (tertiary/aromatic N) is 1. The number of quaternary nitrogens is 1. The highest BCUT2D eigenvalue weighted by Gasteiger charge is 2.23. The normalized spacial score (nSPS) is 20.4. The summed E-state index contributed by atoms with van der Waals surface area (Å²) in [6.45, 7) is 6.47. The quantitative estimate of drug-likeness (QED) is 0.514. The van der Waals surface area contributed by atoms with E-state index in [2.05, 4.69) is 7.05 Å². The Morgan fingerprint density at radius 1 is 1.00 bits per heavy atom. The average Bonchev–Trinajstić information content (AvgIpc) is 2.24. The molecule has 3 nitrogen and oxygen atoms in total. The number of hydrogen-bond acceptors (Lipinski definition) is 2. The molecule has 0 radical (unpaired) electrons. The van der Waals surface area contributed by atoms with Crippen LogP contribution in [0.1, 0.15) is 32.1 Å². The van der Waals surface area contributed by atoms with Crippen molar-refractivity contribution < 1.29 is 9.22 Å². The first-order chi connectivity index (χ1) is 7.27. The Morgan fingerprint density at radius 3 is 2.27 bits per heavy atom. The largest absolute Gasteiger partial charge is 0.370 e. The van der Waals surface area contributed by atoms with Gasteiger partial charge in [0.25, 0.3) is 0 Å². The molecular weight excluding hydrogens is 188 g/mol. The van der Waals surface area contributed by atoms with Crippen molar-refractivity contribution in [3.05, 3.63) is 0 Å². The Balaban J connectivity index is 1.98. The van der Waals surface area contributed by atoms with Crippen molar-refractivity contribution in [2.75, 3.05) is 46.4 Å². The van der Waals surface area contributed by atoms with E-state index in [-0.39, 0.29) is 0 Å². The van der Waals surface area contributed by atoms with Crippen molar-refractivity contribution >= 4 is 0 Å². The molecule has 1 heterocycles. The molecule has 0 aromatic rings. The van der Waals surface area contributed by atoms with Crippen molar-refractivity contribution in [1.29, 1.82) is 0 Å². The SMILES string of the molecule is C[N+]1(CCCCCCCN)CCOCC1. The molecule has 0 amide bonds. The maximum atomic E-state index is 5.46. The van der Waals surface area contributed by atoms with Crippen LogP contribution in [0.15, 0.2) is 0 Å². The van der Waals surface area contributed by atoms with Gasteiger partial charge in [-0.25, -0.2) is 0 Å². The van der Waals surface area contributed by atoms with Gasteiger partial charge in [0.15, 0.2) is 0 Å². The highest BCUT2D eigenvalue weighted by atomic mass is 16.5. The molecule has 1 saturated heterocycles. The number of likely N-dealkylation sites (N-methyl/N-ethyl adjacent to an activating group) is 1. The Labute approximate surface area is 94.2 Å². The molecule has 0 unspecified atom stereocenters. The van der Waals surface area contributed by atoms with Crippen LogP contribution in [0.4, 0.5) is 0 Å². The molecule has 0 aromatic heterocycles. The fourth-order valence-electron chi connectivity index (χ4n) is 2.18. The lowest BCUT2D eigenvalue weighted by molar-refractivity contribution is -0.917. The number of nitrogens with two attached hydrogens (primary N) is 1. The third-order valence-corrected chi connectivity index (χ3v) is 3.45. The fraction of sp³-hybridized carbons (Fsp3) is 1.00. The smallest absolute Gasteiger partial charge is 0.102 e. The molecule has 0 spiro atoms. The van der Waals surface area contributed by atoms with Gasteiger partial charge in [-0.1, -0.05) is 12.8 Å². The van der Waals surface area contributed by atoms with Gasteiger partial charge >= 0.3 is 0 Å². The molecule has 1 rings (SSSR count). The lowest BCUT2D eigenvalue weighted by Crippen LogP contribution is -2.52. The minimum atomic E-state index is 0.852. The molecule has 0 bridgehead atoms. The summed E-state index contributed by atoms with van der Waals surface area (Å²) < 4.78 is 6.61. The molecule has 1 aliphatic rings. The summed E-state index contributed by atoms with van der Waals surface area (Å²) >= 11 is 0. The van der Waals surface area contributed by atoms with Gasteiger partial charge in [-0.15, -0.1) is 0 Å². The van der Waals surface area contributed by atoms with Gasteiger partial charge < -0.3 is 15.0 Å². The van der Waals surface area contributed by atoms with E-state index in [1.54, 1.807) is 0 Å². The Bertz CT molecular complexity index is 156. The molecule has 0 atom stereocenters. The van der Waals surface area contributed by atoms with Crippen LogP contribution >= 0.6 is 0 Å². The number of morpholine rings is 1. The number of ether oxygens (including phenoxy) is 1. The van der Waals surface area contributed by atoms with Gasteiger partial charge in [0.05, 0.1) is 26.8 Å². The molecule has 2 N–H and O–H groups in total. The zero-order chi connectivity index (χ0) is 11.0. The summed E-state index contributed by atoms with van der Waals surface area (Å²) in [4.78, 5) is 0. The first kappa shape index (κ1) is 12.9. The molecule has 90 valence electrons. The lowest BCUT2D eigenvalue weighted by Gasteiger charge is -2.37. The van der Waals surface area contributed by atoms with Gasteiger partial charge in [-0.2, -0.15) is 0 Å². The molecule has 0 aromatic carbocycles. The minimum absolute atomic E-state index is 0.852. The van der Waals surface area contributed by atoms with Gasteiger partial charge in [0.1, 0.15) is 13.1 Å². The lowest BCUT2D eigenvalue weighted by atomic mass is 10.1. The predicted octanol–water partition coefficient (Wildman–Crippen LogP) is 1.37. The van der Waals surface area contributed by atoms with E-state index in [1.807, 2.05) is 0 Å². The standard InChI is InChI=1S/C12H27N2O/c1-14(9-11-15-12-10-14)8-6-4-2-3-5-7-13/h2-13H2,1H3/q+1. The van der Waals surface area contributed by atoms with E-state index in [4.69, 9.17) is 10.5 Å². The van der Waals surface area contributed by atoms with Crippen LogP contribution in [0.25, 0.3) is 0 Å². The summed E-state index contributed by atoms with van der Waals surface area (Å²) in [5.74, 6) is 0. The molecule has 1 aliphatic heterocycles. The Kier molecular flexibility index (Phi) is 6.22. The molecular formula is C12H27N2O+. The van der Waals surface area contributed by atoms with Crippen LogP contribution in [0.5, 0.6) is 0 Å². The topological polar surface area (TPSA) is 35.2 Å². The third-order valence-electron chi connectivity index (χ3n) is 3.45. The molecule has 0 saturated carbocycles. The zero-order valence-electron chi connectivity index (χ0n) is 10.2. The fourth-order valence-corrected chi connectivity index (χ4v) is 2.18. The van der Waals surface area contributed by atoms with Crippen LogP contribution in [0, 0.1) is 0 Å². The number of hydrogen-bond donors (Lipinski definition) is 1. The molecule has 0 aliphatic carbocycles. The van der Waals surface area contributed by atoms with Crippen LogP contribution in [0.2, 0.25) is 0 Å². The van der Waals surface area contributed by atoms with E-state index in [9.17, 15) is 0 Å². The number of unbranched alkanes of at least 4 members (excludes halogenated alkanes) is 4. The van der Waals surface area contributed by atoms with Gasteiger partial charge in [-0.05, 0) is 25.8 Å². The van der Waals surface area contributed by atoms with Crippen molar-refractivity contribution in [1.82, 2.24) is 0 Å². The first-order valence-corrected chi connectivity index (χ1v) is 6.38. The average molecular weight is 215 g/mol. The van der Waals surface area contributed by atoms with Crippen LogP contribution < -0.4 is 5.73 Å². The van der Waals surface area contributed by atoms with E-state index in [0.29, 0.717) is 0 Å². The second-order valence-corrected chi connectivity index (χ2v) is 4.96. The van der Waals surface area contributed by atoms with Crippen LogP contribution in [-0.2, 0) is 4.74 Å². The molecule has 1 fully saturated rings. The van der Waals surface area contributed by atoms with E-state index in [0.717, 1.165) is 19.8 Å². The van der Waals surface area contributed by atoms with Gasteiger partial charge in [-0.3, -0.25) is 0 Å². The van der Waals surface area contributed by atoms with E-state index in [1.165, 1.54) is 56.2 Å². The van der Waals surface area contributed by atoms with Gasteiger partial charge in [0, 0.05) is 0 Å². The summed E-state index contributed by atoms with van der Waals surface area (Å²) in [6.07, 6.45) is 6.59. The van der Waals surface area contributed by atoms with Crippen LogP contribution in [0.3, 0.4) is 0 Å². The summed E-state index contributed by atoms with van der Waals surface area (Å²) in [5.41, 5.74) is 5.46. The maximum absolute atomic E-state index is 5.46. The van der Waals surface area contributed by atoms with Gasteiger partial charge in [0.2, 0.25) is 0 Å². The van der Waals surface area contributed by atoms with Crippen molar-refractivity contribution in [2.45, 2.75) is 32.1 Å².